The average Bonchev–Trinajstić information content (AvgIpc) is 2.47. The van der Waals surface area contributed by atoms with Crippen LogP contribution in [0, 0.1) is 11.8 Å². The van der Waals surface area contributed by atoms with Gasteiger partial charge in [0.05, 0.1) is 12.3 Å². The lowest BCUT2D eigenvalue weighted by molar-refractivity contribution is -0.118. The van der Waals surface area contributed by atoms with E-state index in [9.17, 15) is 4.79 Å². The molecule has 0 heterocycles. The molecular weight excluding hydrogens is 232 g/mol. The number of ketones is 1. The Labute approximate surface area is 114 Å². The largest absolute Gasteiger partial charge is 0.298 e. The molecule has 0 unspecified atom stereocenters. The highest BCUT2D eigenvalue weighted by Gasteiger charge is 2.21. The van der Waals surface area contributed by atoms with Gasteiger partial charge in [0, 0.05) is 0 Å². The molecule has 0 saturated heterocycles. The number of rotatable bonds is 4. The van der Waals surface area contributed by atoms with Crippen molar-refractivity contribution in [2.75, 3.05) is 0 Å². The third-order valence-corrected chi connectivity index (χ3v) is 3.03. The van der Waals surface area contributed by atoms with Gasteiger partial charge in [-0.15, -0.1) is 5.92 Å². The lowest BCUT2D eigenvalue weighted by atomic mass is 9.86. The molecule has 0 aliphatic carbocycles. The molecule has 1 heteroatoms. The zero-order valence-electron chi connectivity index (χ0n) is 11.0. The Morgan fingerprint density at radius 1 is 0.947 bits per heavy atom. The summed E-state index contributed by atoms with van der Waals surface area (Å²) < 4.78 is 0. The van der Waals surface area contributed by atoms with Crippen LogP contribution in [-0.2, 0) is 4.79 Å². The lowest BCUT2D eigenvalue weighted by Gasteiger charge is -2.15. The molecule has 0 saturated carbocycles. The Hall–Kier alpha value is -2.33. The van der Waals surface area contributed by atoms with E-state index >= 15 is 0 Å². The number of Topliss-reactive ketones (excluding diaryl/α,β-unsaturated/α-hetero) is 1. The summed E-state index contributed by atoms with van der Waals surface area (Å²) in [6, 6.07) is 19.7. The Bertz CT molecular complexity index is 548. The highest BCUT2D eigenvalue weighted by Crippen LogP contribution is 2.26. The van der Waals surface area contributed by atoms with Crippen molar-refractivity contribution in [1.29, 1.82) is 0 Å². The Kier molecular flexibility index (Phi) is 4.53. The quantitative estimate of drug-likeness (QED) is 0.752. The second-order valence-corrected chi connectivity index (χ2v) is 4.32. The first-order valence-electron chi connectivity index (χ1n) is 6.35. The van der Waals surface area contributed by atoms with E-state index in [1.54, 1.807) is 6.92 Å². The molecule has 0 aromatic heterocycles. The number of carbonyl (C=O) groups excluding carboxylic acids is 1. The molecule has 0 aliphatic heterocycles. The Morgan fingerprint density at radius 3 is 1.84 bits per heavy atom. The molecular formula is C18H16O. The van der Waals surface area contributed by atoms with E-state index in [4.69, 9.17) is 0 Å². The zero-order chi connectivity index (χ0) is 13.5. The summed E-state index contributed by atoms with van der Waals surface area (Å²) in [4.78, 5) is 12.4. The van der Waals surface area contributed by atoms with Crippen LogP contribution in [0.4, 0.5) is 0 Å². The second kappa shape index (κ2) is 6.56. The first-order valence-corrected chi connectivity index (χ1v) is 6.35. The van der Waals surface area contributed by atoms with Crippen LogP contribution in [0.25, 0.3) is 0 Å². The maximum absolute atomic E-state index is 12.4. The summed E-state index contributed by atoms with van der Waals surface area (Å²) in [5.41, 5.74) is 2.05. The standard InChI is InChI=1S/C18H16O/c1-2-3-14-17(19)18(15-10-6-4-7-11-15)16-12-8-5-9-13-16/h4-13,18H,14H2,1H3. The van der Waals surface area contributed by atoms with Gasteiger partial charge in [-0.25, -0.2) is 0 Å². The number of hydrogen-bond acceptors (Lipinski definition) is 1. The molecule has 0 N–H and O–H groups in total. The highest BCUT2D eigenvalue weighted by atomic mass is 16.1. The lowest BCUT2D eigenvalue weighted by Crippen LogP contribution is -2.13. The van der Waals surface area contributed by atoms with E-state index in [1.807, 2.05) is 60.7 Å². The zero-order valence-corrected chi connectivity index (χ0v) is 11.0. The summed E-state index contributed by atoms with van der Waals surface area (Å²) in [6.45, 7) is 1.76. The van der Waals surface area contributed by atoms with Gasteiger partial charge in [0.25, 0.3) is 0 Å². The molecule has 19 heavy (non-hydrogen) atoms. The highest BCUT2D eigenvalue weighted by molar-refractivity contribution is 5.90. The number of hydrogen-bond donors (Lipinski definition) is 0. The third kappa shape index (κ3) is 3.33. The van der Waals surface area contributed by atoms with Crippen molar-refractivity contribution in [2.24, 2.45) is 0 Å². The van der Waals surface area contributed by atoms with Gasteiger partial charge in [0.15, 0.2) is 5.78 Å². The average molecular weight is 248 g/mol. The van der Waals surface area contributed by atoms with E-state index in [-0.39, 0.29) is 11.7 Å². The molecule has 2 rings (SSSR count). The van der Waals surface area contributed by atoms with Crippen LogP contribution in [0.15, 0.2) is 60.7 Å². The normalized spacial score (nSPS) is 9.79. The Morgan fingerprint density at radius 2 is 1.42 bits per heavy atom. The molecule has 94 valence electrons. The Balaban J connectivity index is 2.39. The van der Waals surface area contributed by atoms with Gasteiger partial charge in [-0.05, 0) is 18.1 Å². The maximum atomic E-state index is 12.4. The van der Waals surface area contributed by atoms with Crippen LogP contribution in [0.3, 0.4) is 0 Å². The van der Waals surface area contributed by atoms with Crippen molar-refractivity contribution in [1.82, 2.24) is 0 Å². The van der Waals surface area contributed by atoms with Crippen molar-refractivity contribution in [3.8, 4) is 11.8 Å². The van der Waals surface area contributed by atoms with E-state index in [0.29, 0.717) is 6.42 Å². The van der Waals surface area contributed by atoms with Gasteiger partial charge in [0.1, 0.15) is 0 Å². The van der Waals surface area contributed by atoms with Crippen molar-refractivity contribution in [3.63, 3.8) is 0 Å². The van der Waals surface area contributed by atoms with Crippen molar-refractivity contribution < 1.29 is 4.79 Å². The van der Waals surface area contributed by atoms with Gasteiger partial charge in [0.2, 0.25) is 0 Å². The fourth-order valence-corrected chi connectivity index (χ4v) is 2.13. The van der Waals surface area contributed by atoms with Crippen LogP contribution in [-0.4, -0.2) is 5.78 Å². The minimum absolute atomic E-state index is 0.145. The topological polar surface area (TPSA) is 17.1 Å². The molecule has 0 radical (unpaired) electrons. The summed E-state index contributed by atoms with van der Waals surface area (Å²) in [7, 11) is 0. The fourth-order valence-electron chi connectivity index (χ4n) is 2.13. The van der Waals surface area contributed by atoms with Crippen LogP contribution in [0.5, 0.6) is 0 Å². The molecule has 0 amide bonds. The molecule has 0 fully saturated rings. The van der Waals surface area contributed by atoms with Crippen LogP contribution in [0.2, 0.25) is 0 Å². The SMILES string of the molecule is CC#CCC(=O)C(c1ccccc1)c1ccccc1. The summed E-state index contributed by atoms with van der Waals surface area (Å²) in [6.07, 6.45) is 0.297. The van der Waals surface area contributed by atoms with Crippen molar-refractivity contribution >= 4 is 5.78 Å². The molecule has 1 nitrogen and oxygen atoms in total. The van der Waals surface area contributed by atoms with Gasteiger partial charge in [-0.2, -0.15) is 0 Å². The van der Waals surface area contributed by atoms with Crippen LogP contribution >= 0.6 is 0 Å². The molecule has 2 aromatic rings. The second-order valence-electron chi connectivity index (χ2n) is 4.32. The number of benzene rings is 2. The van der Waals surface area contributed by atoms with Gasteiger partial charge < -0.3 is 0 Å². The van der Waals surface area contributed by atoms with Crippen molar-refractivity contribution in [3.05, 3.63) is 71.8 Å². The van der Waals surface area contributed by atoms with E-state index in [1.165, 1.54) is 0 Å². The third-order valence-electron chi connectivity index (χ3n) is 3.03. The van der Waals surface area contributed by atoms with E-state index < -0.39 is 0 Å². The first-order chi connectivity index (χ1) is 9.33. The van der Waals surface area contributed by atoms with Crippen molar-refractivity contribution in [2.45, 2.75) is 19.3 Å². The smallest absolute Gasteiger partial charge is 0.156 e. The molecule has 0 aliphatic rings. The molecule has 0 bridgehead atoms. The van der Waals surface area contributed by atoms with E-state index in [2.05, 4.69) is 11.8 Å². The van der Waals surface area contributed by atoms with Crippen LogP contribution in [0.1, 0.15) is 30.4 Å². The predicted molar refractivity (Wildman–Crippen MR) is 77.8 cm³/mol. The minimum atomic E-state index is -0.219. The van der Waals surface area contributed by atoms with Gasteiger partial charge in [-0.1, -0.05) is 66.6 Å². The molecule has 2 aromatic carbocycles. The van der Waals surface area contributed by atoms with Gasteiger partial charge in [-0.3, -0.25) is 4.79 Å². The van der Waals surface area contributed by atoms with Gasteiger partial charge >= 0.3 is 0 Å². The summed E-state index contributed by atoms with van der Waals surface area (Å²) >= 11 is 0. The van der Waals surface area contributed by atoms with Crippen LogP contribution < -0.4 is 0 Å². The maximum Gasteiger partial charge on any atom is 0.156 e. The van der Waals surface area contributed by atoms with E-state index in [0.717, 1.165) is 11.1 Å². The molecule has 0 spiro atoms. The first kappa shape index (κ1) is 13.1. The minimum Gasteiger partial charge on any atom is -0.298 e. The molecule has 0 atom stereocenters. The number of carbonyl (C=O) groups is 1. The fraction of sp³-hybridized carbons (Fsp3) is 0.167. The summed E-state index contributed by atoms with van der Waals surface area (Å²) in [5.74, 6) is 5.58. The monoisotopic (exact) mass is 248 g/mol. The predicted octanol–water partition coefficient (Wildman–Crippen LogP) is 3.80. The summed E-state index contributed by atoms with van der Waals surface area (Å²) in [5, 5.41) is 0.